The summed E-state index contributed by atoms with van der Waals surface area (Å²) in [6, 6.07) is 8.07. The van der Waals surface area contributed by atoms with Crippen molar-refractivity contribution in [1.82, 2.24) is 0 Å². The summed E-state index contributed by atoms with van der Waals surface area (Å²) < 4.78 is 0. The minimum atomic E-state index is -1.17. The molecule has 0 bridgehead atoms. The van der Waals surface area contributed by atoms with Crippen LogP contribution in [-0.4, -0.2) is 27.2 Å². The highest BCUT2D eigenvalue weighted by Crippen LogP contribution is 2.26. The number of carboxylic acids is 1. The minimum Gasteiger partial charge on any atom is -0.508 e. The van der Waals surface area contributed by atoms with E-state index in [0.29, 0.717) is 5.56 Å². The van der Waals surface area contributed by atoms with Crippen LogP contribution >= 0.6 is 0 Å². The number of carboxylic acid groups (broad SMARTS) is 1. The molecule has 0 unspecified atom stereocenters. The number of phenolic OH excluding ortho intramolecular Hbond substituents is 2. The molecule has 6 nitrogen and oxygen atoms in total. The van der Waals surface area contributed by atoms with Crippen LogP contribution in [0, 0.1) is 6.92 Å². The van der Waals surface area contributed by atoms with Crippen LogP contribution in [-0.2, 0) is 0 Å². The van der Waals surface area contributed by atoms with E-state index in [2.05, 4.69) is 5.32 Å². The normalized spacial score (nSPS) is 10.1. The van der Waals surface area contributed by atoms with Crippen molar-refractivity contribution in [2.75, 3.05) is 5.32 Å². The topological polar surface area (TPSA) is 107 Å². The number of phenols is 2. The molecule has 6 heteroatoms. The van der Waals surface area contributed by atoms with E-state index in [4.69, 9.17) is 5.11 Å². The van der Waals surface area contributed by atoms with E-state index >= 15 is 0 Å². The lowest BCUT2D eigenvalue weighted by molar-refractivity contribution is 0.0696. The van der Waals surface area contributed by atoms with Gasteiger partial charge in [-0.05, 0) is 37.3 Å². The Labute approximate surface area is 120 Å². The number of hydrogen-bond acceptors (Lipinski definition) is 4. The Kier molecular flexibility index (Phi) is 3.80. The smallest absolute Gasteiger partial charge is 0.335 e. The Hall–Kier alpha value is -3.02. The highest BCUT2D eigenvalue weighted by atomic mass is 16.4. The number of aromatic carboxylic acids is 1. The van der Waals surface area contributed by atoms with Crippen LogP contribution in [0.3, 0.4) is 0 Å². The van der Waals surface area contributed by atoms with Crippen molar-refractivity contribution in [3.8, 4) is 11.5 Å². The molecule has 0 atom stereocenters. The summed E-state index contributed by atoms with van der Waals surface area (Å²) in [7, 11) is 0. The van der Waals surface area contributed by atoms with Crippen molar-refractivity contribution >= 4 is 17.6 Å². The quantitative estimate of drug-likeness (QED) is 0.648. The summed E-state index contributed by atoms with van der Waals surface area (Å²) in [6.07, 6.45) is 0. The maximum Gasteiger partial charge on any atom is 0.335 e. The van der Waals surface area contributed by atoms with Crippen molar-refractivity contribution < 1.29 is 24.9 Å². The lowest BCUT2D eigenvalue weighted by atomic mass is 10.1. The van der Waals surface area contributed by atoms with Crippen molar-refractivity contribution in [3.63, 3.8) is 0 Å². The maximum absolute atomic E-state index is 12.1. The second-order valence-corrected chi connectivity index (χ2v) is 4.44. The lowest BCUT2D eigenvalue weighted by Crippen LogP contribution is -2.14. The predicted octanol–water partition coefficient (Wildman–Crippen LogP) is 2.36. The van der Waals surface area contributed by atoms with E-state index in [1.807, 2.05) is 0 Å². The summed E-state index contributed by atoms with van der Waals surface area (Å²) in [5.41, 5.74) is 0.553. The number of carbonyl (C=O) groups is 2. The van der Waals surface area contributed by atoms with Gasteiger partial charge in [0.15, 0.2) is 0 Å². The van der Waals surface area contributed by atoms with Gasteiger partial charge in [0.2, 0.25) is 0 Å². The van der Waals surface area contributed by atoms with Crippen molar-refractivity contribution in [2.24, 2.45) is 0 Å². The Bertz CT molecular complexity index is 724. The second-order valence-electron chi connectivity index (χ2n) is 4.44. The maximum atomic E-state index is 12.1. The van der Waals surface area contributed by atoms with Gasteiger partial charge in [0.1, 0.15) is 11.5 Å². The number of benzene rings is 2. The van der Waals surface area contributed by atoms with Gasteiger partial charge in [-0.1, -0.05) is 6.07 Å². The summed E-state index contributed by atoms with van der Waals surface area (Å²) in [5.74, 6) is -1.99. The lowest BCUT2D eigenvalue weighted by Gasteiger charge is -2.10. The molecule has 0 aliphatic rings. The van der Waals surface area contributed by atoms with Crippen LogP contribution in [0.5, 0.6) is 11.5 Å². The van der Waals surface area contributed by atoms with Crippen LogP contribution in [0.4, 0.5) is 5.69 Å². The van der Waals surface area contributed by atoms with Crippen LogP contribution in [0.15, 0.2) is 36.4 Å². The van der Waals surface area contributed by atoms with E-state index in [0.717, 1.165) is 6.07 Å². The Morgan fingerprint density at radius 3 is 2.43 bits per heavy atom. The van der Waals surface area contributed by atoms with Crippen molar-refractivity contribution in [1.29, 1.82) is 0 Å². The SMILES string of the molecule is Cc1c(O)cccc1C(=O)Nc1cc(C(=O)O)ccc1O. The van der Waals surface area contributed by atoms with Crippen molar-refractivity contribution in [3.05, 3.63) is 53.1 Å². The van der Waals surface area contributed by atoms with E-state index in [1.165, 1.54) is 30.3 Å². The number of amides is 1. The zero-order valence-corrected chi connectivity index (χ0v) is 11.1. The second kappa shape index (κ2) is 5.54. The third-order valence-corrected chi connectivity index (χ3v) is 3.04. The molecule has 0 aliphatic carbocycles. The number of aromatic hydroxyl groups is 2. The molecule has 4 N–H and O–H groups in total. The molecule has 0 saturated heterocycles. The zero-order valence-electron chi connectivity index (χ0n) is 11.1. The fourth-order valence-corrected chi connectivity index (χ4v) is 1.83. The molecule has 2 aromatic rings. The fraction of sp³-hybridized carbons (Fsp3) is 0.0667. The van der Waals surface area contributed by atoms with Gasteiger partial charge in [-0.2, -0.15) is 0 Å². The highest BCUT2D eigenvalue weighted by molar-refractivity contribution is 6.06. The summed E-state index contributed by atoms with van der Waals surface area (Å²) in [4.78, 5) is 23.0. The van der Waals surface area contributed by atoms with Crippen LogP contribution in [0.2, 0.25) is 0 Å². The summed E-state index contributed by atoms with van der Waals surface area (Å²) >= 11 is 0. The highest BCUT2D eigenvalue weighted by Gasteiger charge is 2.14. The molecule has 0 aromatic heterocycles. The summed E-state index contributed by atoms with van der Waals surface area (Å²) in [6.45, 7) is 1.58. The Balaban J connectivity index is 2.33. The van der Waals surface area contributed by atoms with Crippen LogP contribution in [0.1, 0.15) is 26.3 Å². The number of hydrogen-bond donors (Lipinski definition) is 4. The Morgan fingerprint density at radius 1 is 1.05 bits per heavy atom. The minimum absolute atomic E-state index is 0.0114. The van der Waals surface area contributed by atoms with Crippen LogP contribution in [0.25, 0.3) is 0 Å². The van der Waals surface area contributed by atoms with Gasteiger partial charge in [0, 0.05) is 11.1 Å². The molecule has 0 fully saturated rings. The predicted molar refractivity (Wildman–Crippen MR) is 75.9 cm³/mol. The molecule has 2 rings (SSSR count). The van der Waals surface area contributed by atoms with Gasteiger partial charge >= 0.3 is 5.97 Å². The van der Waals surface area contributed by atoms with E-state index in [1.54, 1.807) is 6.92 Å². The van der Waals surface area contributed by atoms with Gasteiger partial charge in [-0.15, -0.1) is 0 Å². The molecule has 0 saturated carbocycles. The van der Waals surface area contributed by atoms with E-state index in [9.17, 15) is 19.8 Å². The third kappa shape index (κ3) is 2.94. The molecule has 0 aliphatic heterocycles. The number of carbonyl (C=O) groups excluding carboxylic acids is 1. The molecular formula is C15H13NO5. The average molecular weight is 287 g/mol. The van der Waals surface area contributed by atoms with Gasteiger partial charge in [0.25, 0.3) is 5.91 Å². The van der Waals surface area contributed by atoms with Crippen LogP contribution < -0.4 is 5.32 Å². The van der Waals surface area contributed by atoms with E-state index in [-0.39, 0.29) is 28.3 Å². The summed E-state index contributed by atoms with van der Waals surface area (Å²) in [5, 5.41) is 30.6. The molecule has 0 radical (unpaired) electrons. The van der Waals surface area contributed by atoms with Gasteiger partial charge in [-0.3, -0.25) is 4.79 Å². The molecular weight excluding hydrogens is 274 g/mol. The first-order chi connectivity index (χ1) is 9.90. The first-order valence-corrected chi connectivity index (χ1v) is 6.06. The zero-order chi connectivity index (χ0) is 15.6. The van der Waals surface area contributed by atoms with Gasteiger partial charge in [-0.25, -0.2) is 4.79 Å². The molecule has 21 heavy (non-hydrogen) atoms. The van der Waals surface area contributed by atoms with Crippen molar-refractivity contribution in [2.45, 2.75) is 6.92 Å². The third-order valence-electron chi connectivity index (χ3n) is 3.04. The number of nitrogens with one attached hydrogen (secondary N) is 1. The monoisotopic (exact) mass is 287 g/mol. The first-order valence-electron chi connectivity index (χ1n) is 6.06. The average Bonchev–Trinajstić information content (AvgIpc) is 2.43. The fourth-order valence-electron chi connectivity index (χ4n) is 1.83. The van der Waals surface area contributed by atoms with Gasteiger partial charge < -0.3 is 20.6 Å². The Morgan fingerprint density at radius 2 is 1.76 bits per heavy atom. The number of rotatable bonds is 3. The molecule has 1 amide bonds. The first kappa shape index (κ1) is 14.4. The molecule has 108 valence electrons. The molecule has 2 aromatic carbocycles. The van der Waals surface area contributed by atoms with E-state index < -0.39 is 11.9 Å². The molecule has 0 heterocycles. The largest absolute Gasteiger partial charge is 0.508 e. The molecule has 0 spiro atoms. The standard InChI is InChI=1S/C15H13NO5/c1-8-10(3-2-4-12(8)17)14(19)16-11-7-9(15(20)21)5-6-13(11)18/h2-7,17-18H,1H3,(H,16,19)(H,20,21). The number of anilines is 1. The van der Waals surface area contributed by atoms with Gasteiger partial charge in [0.05, 0.1) is 11.3 Å².